The Morgan fingerprint density at radius 1 is 1.04 bits per heavy atom. The van der Waals surface area contributed by atoms with Gasteiger partial charge in [0.1, 0.15) is 11.8 Å². The highest BCUT2D eigenvalue weighted by Crippen LogP contribution is 2.29. The fourth-order valence-electron chi connectivity index (χ4n) is 2.37. The summed E-state index contributed by atoms with van der Waals surface area (Å²) in [6, 6.07) is 13.6. The molecule has 0 aliphatic heterocycles. The first kappa shape index (κ1) is 17.2. The molecule has 0 aliphatic rings. The van der Waals surface area contributed by atoms with E-state index < -0.39 is 0 Å². The van der Waals surface area contributed by atoms with Crippen molar-refractivity contribution < 1.29 is 14.7 Å². The van der Waals surface area contributed by atoms with Crippen molar-refractivity contribution in [1.29, 1.82) is 5.26 Å². The van der Waals surface area contributed by atoms with E-state index in [2.05, 4.69) is 0 Å². The van der Waals surface area contributed by atoms with Gasteiger partial charge in [0.05, 0.1) is 11.3 Å². The normalized spacial score (nSPS) is 10.0. The fraction of sp³-hybridized carbons (Fsp3) is 0.211. The molecule has 2 amide bonds. The number of carbonyl (C=O) groups excluding carboxylic acids is 2. The average Bonchev–Trinajstić information content (AvgIpc) is 2.61. The highest BCUT2D eigenvalue weighted by atomic mass is 16.3. The van der Waals surface area contributed by atoms with E-state index in [9.17, 15) is 14.7 Å². The number of nitrogens with zero attached hydrogens (tertiary/aromatic N) is 2. The van der Waals surface area contributed by atoms with E-state index >= 15 is 0 Å². The number of hydrogen-bond donors (Lipinski definition) is 1. The van der Waals surface area contributed by atoms with Gasteiger partial charge in [-0.15, -0.1) is 0 Å². The molecule has 0 bridgehead atoms. The van der Waals surface area contributed by atoms with Crippen LogP contribution in [0.3, 0.4) is 0 Å². The van der Waals surface area contributed by atoms with Crippen molar-refractivity contribution >= 4 is 17.5 Å². The number of aromatic hydroxyl groups is 1. The SMILES string of the molecule is CCC(=O)N(C(=O)CC)c1cccc(-c2ccc(C#N)c(O)c2)c1. The maximum Gasteiger partial charge on any atom is 0.233 e. The zero-order valence-corrected chi connectivity index (χ0v) is 13.6. The molecular formula is C19H18N2O3. The fourth-order valence-corrected chi connectivity index (χ4v) is 2.37. The summed E-state index contributed by atoms with van der Waals surface area (Å²) >= 11 is 0. The Bertz CT molecular complexity index is 806. The summed E-state index contributed by atoms with van der Waals surface area (Å²) < 4.78 is 0. The molecule has 0 unspecified atom stereocenters. The van der Waals surface area contributed by atoms with Crippen LogP contribution in [-0.4, -0.2) is 16.9 Å². The summed E-state index contributed by atoms with van der Waals surface area (Å²) in [6.07, 6.45) is 0.460. The number of imide groups is 1. The molecule has 5 nitrogen and oxygen atoms in total. The summed E-state index contributed by atoms with van der Waals surface area (Å²) in [6.45, 7) is 3.42. The van der Waals surface area contributed by atoms with Crippen LogP contribution in [0, 0.1) is 11.3 Å². The molecule has 0 fully saturated rings. The molecule has 0 radical (unpaired) electrons. The molecule has 2 rings (SSSR count). The molecule has 0 spiro atoms. The van der Waals surface area contributed by atoms with Crippen molar-refractivity contribution in [3.05, 3.63) is 48.0 Å². The lowest BCUT2D eigenvalue weighted by molar-refractivity contribution is -0.126. The first-order chi connectivity index (χ1) is 11.5. The third kappa shape index (κ3) is 3.44. The maximum atomic E-state index is 12.1. The van der Waals surface area contributed by atoms with Gasteiger partial charge in [-0.1, -0.05) is 32.0 Å². The van der Waals surface area contributed by atoms with Crippen LogP contribution in [-0.2, 0) is 9.59 Å². The van der Waals surface area contributed by atoms with Gasteiger partial charge in [-0.05, 0) is 35.4 Å². The van der Waals surface area contributed by atoms with E-state index in [1.165, 1.54) is 17.0 Å². The monoisotopic (exact) mass is 322 g/mol. The lowest BCUT2D eigenvalue weighted by atomic mass is 10.0. The van der Waals surface area contributed by atoms with Gasteiger partial charge in [-0.2, -0.15) is 5.26 Å². The number of anilines is 1. The Hall–Kier alpha value is -3.13. The van der Waals surface area contributed by atoms with Crippen molar-refractivity contribution in [2.24, 2.45) is 0 Å². The Kier molecular flexibility index (Phi) is 5.33. The third-order valence-electron chi connectivity index (χ3n) is 3.66. The zero-order valence-electron chi connectivity index (χ0n) is 13.6. The van der Waals surface area contributed by atoms with Crippen LogP contribution in [0.4, 0.5) is 5.69 Å². The molecule has 0 heterocycles. The highest BCUT2D eigenvalue weighted by Gasteiger charge is 2.20. The maximum absolute atomic E-state index is 12.1. The number of phenolic OH excluding ortho intramolecular Hbond substituents is 1. The number of phenols is 1. The lowest BCUT2D eigenvalue weighted by Gasteiger charge is -2.20. The molecule has 5 heteroatoms. The summed E-state index contributed by atoms with van der Waals surface area (Å²) in [5, 5.41) is 18.7. The van der Waals surface area contributed by atoms with Gasteiger partial charge >= 0.3 is 0 Å². The summed E-state index contributed by atoms with van der Waals surface area (Å²) in [5.41, 5.74) is 2.13. The van der Waals surface area contributed by atoms with E-state index in [1.54, 1.807) is 38.1 Å². The molecule has 2 aromatic carbocycles. The van der Waals surface area contributed by atoms with Crippen molar-refractivity contribution in [3.8, 4) is 22.9 Å². The minimum Gasteiger partial charge on any atom is -0.507 e. The molecular weight excluding hydrogens is 304 g/mol. The Balaban J connectivity index is 2.48. The number of nitriles is 1. The Morgan fingerprint density at radius 3 is 2.21 bits per heavy atom. The van der Waals surface area contributed by atoms with Crippen LogP contribution in [0.1, 0.15) is 32.3 Å². The van der Waals surface area contributed by atoms with Crippen molar-refractivity contribution in [2.45, 2.75) is 26.7 Å². The Labute approximate surface area is 140 Å². The molecule has 0 atom stereocenters. The van der Waals surface area contributed by atoms with E-state index in [0.29, 0.717) is 11.3 Å². The quantitative estimate of drug-likeness (QED) is 0.932. The minimum absolute atomic E-state index is 0.105. The number of rotatable bonds is 4. The highest BCUT2D eigenvalue weighted by molar-refractivity contribution is 6.14. The van der Waals surface area contributed by atoms with Gasteiger partial charge in [-0.25, -0.2) is 0 Å². The first-order valence-corrected chi connectivity index (χ1v) is 7.71. The van der Waals surface area contributed by atoms with Crippen LogP contribution >= 0.6 is 0 Å². The van der Waals surface area contributed by atoms with Gasteiger partial charge in [0, 0.05) is 12.8 Å². The summed E-state index contributed by atoms with van der Waals surface area (Å²) in [7, 11) is 0. The van der Waals surface area contributed by atoms with Gasteiger partial charge in [0.25, 0.3) is 0 Å². The molecule has 122 valence electrons. The van der Waals surface area contributed by atoms with Gasteiger partial charge < -0.3 is 5.11 Å². The molecule has 2 aromatic rings. The van der Waals surface area contributed by atoms with Gasteiger partial charge in [0.2, 0.25) is 11.8 Å². The Morgan fingerprint density at radius 2 is 1.67 bits per heavy atom. The number of carbonyl (C=O) groups is 2. The molecule has 24 heavy (non-hydrogen) atoms. The van der Waals surface area contributed by atoms with E-state index in [-0.39, 0.29) is 36.0 Å². The van der Waals surface area contributed by atoms with E-state index in [4.69, 9.17) is 5.26 Å². The molecule has 0 saturated carbocycles. The average molecular weight is 322 g/mol. The molecule has 0 saturated heterocycles. The van der Waals surface area contributed by atoms with Crippen LogP contribution in [0.15, 0.2) is 42.5 Å². The summed E-state index contributed by atoms with van der Waals surface area (Å²) in [5.74, 6) is -0.630. The van der Waals surface area contributed by atoms with Crippen molar-refractivity contribution in [3.63, 3.8) is 0 Å². The first-order valence-electron chi connectivity index (χ1n) is 7.71. The van der Waals surface area contributed by atoms with Crippen LogP contribution in [0.5, 0.6) is 5.75 Å². The molecule has 1 N–H and O–H groups in total. The standard InChI is InChI=1S/C19H18N2O3/c1-3-18(23)21(19(24)4-2)16-7-5-6-13(10-16)14-8-9-15(12-20)17(22)11-14/h5-11,22H,3-4H2,1-2H3. The van der Waals surface area contributed by atoms with Crippen molar-refractivity contribution in [1.82, 2.24) is 0 Å². The largest absolute Gasteiger partial charge is 0.507 e. The van der Waals surface area contributed by atoms with Gasteiger partial charge in [-0.3, -0.25) is 14.5 Å². The number of hydrogen-bond acceptors (Lipinski definition) is 4. The number of benzene rings is 2. The van der Waals surface area contributed by atoms with Gasteiger partial charge in [0.15, 0.2) is 0 Å². The molecule has 0 aromatic heterocycles. The molecule has 0 aliphatic carbocycles. The van der Waals surface area contributed by atoms with Crippen LogP contribution in [0.25, 0.3) is 11.1 Å². The second-order valence-corrected chi connectivity index (χ2v) is 5.22. The van der Waals surface area contributed by atoms with E-state index in [0.717, 1.165) is 5.56 Å². The predicted octanol–water partition coefficient (Wildman–Crippen LogP) is 3.61. The van der Waals surface area contributed by atoms with Crippen LogP contribution in [0.2, 0.25) is 0 Å². The van der Waals surface area contributed by atoms with Crippen LogP contribution < -0.4 is 4.90 Å². The minimum atomic E-state index is -0.262. The topological polar surface area (TPSA) is 81.4 Å². The third-order valence-corrected chi connectivity index (χ3v) is 3.66. The lowest BCUT2D eigenvalue weighted by Crippen LogP contribution is -2.35. The second-order valence-electron chi connectivity index (χ2n) is 5.22. The van der Waals surface area contributed by atoms with E-state index in [1.807, 2.05) is 12.1 Å². The zero-order chi connectivity index (χ0) is 17.7. The second kappa shape index (κ2) is 7.42. The number of amides is 2. The smallest absolute Gasteiger partial charge is 0.233 e. The summed E-state index contributed by atoms with van der Waals surface area (Å²) in [4.78, 5) is 25.4. The predicted molar refractivity (Wildman–Crippen MR) is 91.3 cm³/mol. The van der Waals surface area contributed by atoms with Crippen molar-refractivity contribution in [2.75, 3.05) is 4.90 Å².